The van der Waals surface area contributed by atoms with Gasteiger partial charge in [0.2, 0.25) is 0 Å². The highest BCUT2D eigenvalue weighted by Gasteiger charge is 2.13. The maximum Gasteiger partial charge on any atom is 0.329 e. The topological polar surface area (TPSA) is 55.8 Å². The molecule has 0 aliphatic carbocycles. The number of hydrogen-bond acceptors (Lipinski definition) is 3. The number of rotatable bonds is 4. The molecule has 1 aliphatic heterocycles. The molecule has 0 aromatic heterocycles. The largest absolute Gasteiger partial charge is 0.480 e. The Morgan fingerprint density at radius 1 is 1.58 bits per heavy atom. The van der Waals surface area contributed by atoms with Crippen molar-refractivity contribution < 1.29 is 19.4 Å². The average molecular weight is 174 g/mol. The number of aliphatic carboxylic acids is 1. The van der Waals surface area contributed by atoms with Crippen molar-refractivity contribution in [1.29, 1.82) is 0 Å². The van der Waals surface area contributed by atoms with Crippen molar-refractivity contribution in [3.05, 3.63) is 0 Å². The number of carboxylic acids is 1. The van der Waals surface area contributed by atoms with Gasteiger partial charge in [-0.3, -0.25) is 0 Å². The second kappa shape index (κ2) is 5.11. The molecule has 1 saturated heterocycles. The standard InChI is InChI=1S/C8H14O4/c9-8(10)6-11-5-7-3-1-2-4-12-7/h7H,1-6H2,(H,9,10)/t7-/m1/s1. The summed E-state index contributed by atoms with van der Waals surface area (Å²) in [5, 5.41) is 8.28. The van der Waals surface area contributed by atoms with Crippen molar-refractivity contribution in [2.24, 2.45) is 0 Å². The lowest BCUT2D eigenvalue weighted by Gasteiger charge is -2.21. The molecule has 0 amide bonds. The zero-order valence-corrected chi connectivity index (χ0v) is 6.99. The zero-order chi connectivity index (χ0) is 8.81. The molecule has 1 aliphatic rings. The van der Waals surface area contributed by atoms with Crippen molar-refractivity contribution in [2.45, 2.75) is 25.4 Å². The number of ether oxygens (including phenoxy) is 2. The van der Waals surface area contributed by atoms with Crippen molar-refractivity contribution in [1.82, 2.24) is 0 Å². The summed E-state index contributed by atoms with van der Waals surface area (Å²) in [5.74, 6) is -0.925. The fourth-order valence-electron chi connectivity index (χ4n) is 1.22. The van der Waals surface area contributed by atoms with Crippen LogP contribution in [-0.2, 0) is 14.3 Å². The Kier molecular flexibility index (Phi) is 4.04. The average Bonchev–Trinajstić information content (AvgIpc) is 2.05. The minimum atomic E-state index is -0.925. The minimum Gasteiger partial charge on any atom is -0.480 e. The van der Waals surface area contributed by atoms with Crippen LogP contribution in [0.15, 0.2) is 0 Å². The lowest BCUT2D eigenvalue weighted by molar-refractivity contribution is -0.144. The minimum absolute atomic E-state index is 0.109. The summed E-state index contributed by atoms with van der Waals surface area (Å²) in [6.45, 7) is 0.966. The van der Waals surface area contributed by atoms with E-state index in [0.717, 1.165) is 25.9 Å². The normalized spacial score (nSPS) is 23.8. The van der Waals surface area contributed by atoms with Crippen molar-refractivity contribution in [3.8, 4) is 0 Å². The third-order valence-corrected chi connectivity index (χ3v) is 1.80. The quantitative estimate of drug-likeness (QED) is 0.680. The van der Waals surface area contributed by atoms with Gasteiger partial charge in [0, 0.05) is 6.61 Å². The van der Waals surface area contributed by atoms with Gasteiger partial charge in [0.05, 0.1) is 12.7 Å². The zero-order valence-electron chi connectivity index (χ0n) is 6.99. The lowest BCUT2D eigenvalue weighted by atomic mass is 10.1. The van der Waals surface area contributed by atoms with E-state index in [0.29, 0.717) is 6.61 Å². The van der Waals surface area contributed by atoms with Crippen LogP contribution in [0, 0.1) is 0 Å². The Balaban J connectivity index is 2.01. The first-order valence-electron chi connectivity index (χ1n) is 4.20. The summed E-state index contributed by atoms with van der Waals surface area (Å²) >= 11 is 0. The van der Waals surface area contributed by atoms with Crippen LogP contribution in [0.25, 0.3) is 0 Å². The first-order chi connectivity index (χ1) is 5.79. The van der Waals surface area contributed by atoms with Crippen LogP contribution in [0.3, 0.4) is 0 Å². The van der Waals surface area contributed by atoms with E-state index in [-0.39, 0.29) is 12.7 Å². The molecule has 0 spiro atoms. The molecule has 0 bridgehead atoms. The van der Waals surface area contributed by atoms with Gasteiger partial charge in [-0.1, -0.05) is 0 Å². The van der Waals surface area contributed by atoms with E-state index in [1.807, 2.05) is 0 Å². The highest BCUT2D eigenvalue weighted by atomic mass is 16.5. The Morgan fingerprint density at radius 3 is 3.00 bits per heavy atom. The second-order valence-electron chi connectivity index (χ2n) is 2.90. The molecule has 1 heterocycles. The molecular formula is C8H14O4. The molecule has 1 N–H and O–H groups in total. The molecule has 4 heteroatoms. The van der Waals surface area contributed by atoms with Gasteiger partial charge in [0.15, 0.2) is 0 Å². The molecule has 1 fully saturated rings. The SMILES string of the molecule is O=C(O)COC[C@H]1CCCCO1. The van der Waals surface area contributed by atoms with Crippen molar-refractivity contribution in [2.75, 3.05) is 19.8 Å². The molecule has 4 nitrogen and oxygen atoms in total. The highest BCUT2D eigenvalue weighted by molar-refractivity contribution is 5.67. The molecular weight excluding hydrogens is 160 g/mol. The summed E-state index contributed by atoms with van der Waals surface area (Å²) in [6.07, 6.45) is 3.36. The molecule has 12 heavy (non-hydrogen) atoms. The molecule has 0 aromatic carbocycles. The summed E-state index contributed by atoms with van der Waals surface area (Å²) in [5.41, 5.74) is 0. The summed E-state index contributed by atoms with van der Waals surface area (Å²) < 4.78 is 10.3. The predicted molar refractivity (Wildman–Crippen MR) is 42.0 cm³/mol. The summed E-state index contributed by atoms with van der Waals surface area (Å²) in [4.78, 5) is 10.1. The highest BCUT2D eigenvalue weighted by Crippen LogP contribution is 2.12. The fraction of sp³-hybridized carbons (Fsp3) is 0.875. The maximum atomic E-state index is 10.1. The van der Waals surface area contributed by atoms with E-state index >= 15 is 0 Å². The first kappa shape index (κ1) is 9.48. The smallest absolute Gasteiger partial charge is 0.329 e. The lowest BCUT2D eigenvalue weighted by Crippen LogP contribution is -2.25. The third-order valence-electron chi connectivity index (χ3n) is 1.80. The van der Waals surface area contributed by atoms with Gasteiger partial charge in [-0.2, -0.15) is 0 Å². The van der Waals surface area contributed by atoms with Gasteiger partial charge >= 0.3 is 5.97 Å². The van der Waals surface area contributed by atoms with Gasteiger partial charge in [0.1, 0.15) is 6.61 Å². The fourth-order valence-corrected chi connectivity index (χ4v) is 1.22. The van der Waals surface area contributed by atoms with E-state index in [1.54, 1.807) is 0 Å². The molecule has 1 rings (SSSR count). The van der Waals surface area contributed by atoms with Crippen LogP contribution in [0.2, 0.25) is 0 Å². The van der Waals surface area contributed by atoms with Crippen molar-refractivity contribution in [3.63, 3.8) is 0 Å². The Hall–Kier alpha value is -0.610. The molecule has 70 valence electrons. The summed E-state index contributed by atoms with van der Waals surface area (Å²) in [6, 6.07) is 0. The number of carboxylic acid groups (broad SMARTS) is 1. The van der Waals surface area contributed by atoms with Crippen LogP contribution in [0.5, 0.6) is 0 Å². The van der Waals surface area contributed by atoms with Gasteiger partial charge in [-0.05, 0) is 19.3 Å². The van der Waals surface area contributed by atoms with Crippen LogP contribution in [0.4, 0.5) is 0 Å². The molecule has 0 radical (unpaired) electrons. The second-order valence-corrected chi connectivity index (χ2v) is 2.90. The van der Waals surface area contributed by atoms with E-state index in [2.05, 4.69) is 0 Å². The van der Waals surface area contributed by atoms with Gasteiger partial charge in [0.25, 0.3) is 0 Å². The van der Waals surface area contributed by atoms with E-state index in [9.17, 15) is 4.79 Å². The van der Waals surface area contributed by atoms with Crippen molar-refractivity contribution >= 4 is 5.97 Å². The van der Waals surface area contributed by atoms with Crippen LogP contribution in [-0.4, -0.2) is 37.0 Å². The van der Waals surface area contributed by atoms with Crippen LogP contribution in [0.1, 0.15) is 19.3 Å². The molecule has 0 aromatic rings. The molecule has 0 saturated carbocycles. The Morgan fingerprint density at radius 2 is 2.42 bits per heavy atom. The Bertz CT molecular complexity index is 140. The van der Waals surface area contributed by atoms with E-state index in [4.69, 9.17) is 14.6 Å². The molecule has 0 unspecified atom stereocenters. The number of hydrogen-bond donors (Lipinski definition) is 1. The van der Waals surface area contributed by atoms with Gasteiger partial charge in [-0.25, -0.2) is 4.79 Å². The van der Waals surface area contributed by atoms with E-state index in [1.165, 1.54) is 0 Å². The Labute approximate surface area is 71.5 Å². The predicted octanol–water partition coefficient (Wildman–Crippen LogP) is 0.657. The van der Waals surface area contributed by atoms with Gasteiger partial charge < -0.3 is 14.6 Å². The third kappa shape index (κ3) is 3.69. The van der Waals surface area contributed by atoms with Crippen LogP contribution >= 0.6 is 0 Å². The first-order valence-corrected chi connectivity index (χ1v) is 4.20. The molecule has 1 atom stereocenters. The summed E-state index contributed by atoms with van der Waals surface area (Å²) in [7, 11) is 0. The van der Waals surface area contributed by atoms with E-state index < -0.39 is 5.97 Å². The van der Waals surface area contributed by atoms with Gasteiger partial charge in [-0.15, -0.1) is 0 Å². The van der Waals surface area contributed by atoms with Crippen LogP contribution < -0.4 is 0 Å². The monoisotopic (exact) mass is 174 g/mol. The number of carbonyl (C=O) groups is 1. The maximum absolute atomic E-state index is 10.1.